The maximum Gasteiger partial charge on any atom is 0.332 e. The number of amides is 1. The van der Waals surface area contributed by atoms with Crippen molar-refractivity contribution in [2.75, 3.05) is 5.32 Å². The average Bonchev–Trinajstić information content (AvgIpc) is 3.40. The van der Waals surface area contributed by atoms with Crippen LogP contribution in [0.15, 0.2) is 46.1 Å². The first-order chi connectivity index (χ1) is 15.3. The first kappa shape index (κ1) is 19.9. The number of nitrogens with zero attached hydrogens (tertiary/aromatic N) is 5. The van der Waals surface area contributed by atoms with Crippen molar-refractivity contribution in [1.29, 1.82) is 0 Å². The number of fused-ring (bicyclic) bond motifs is 2. The predicted molar refractivity (Wildman–Crippen MR) is 116 cm³/mol. The monoisotopic (exact) mass is 434 g/mol. The number of carbonyl (C=O) groups is 1. The summed E-state index contributed by atoms with van der Waals surface area (Å²) in [6.07, 6.45) is 3.79. The smallest absolute Gasteiger partial charge is 0.319 e. The summed E-state index contributed by atoms with van der Waals surface area (Å²) in [5.41, 5.74) is 2.34. The van der Waals surface area contributed by atoms with Crippen molar-refractivity contribution < 1.29 is 9.18 Å². The van der Waals surface area contributed by atoms with Crippen LogP contribution >= 0.6 is 0 Å². The maximum atomic E-state index is 13.3. The predicted octanol–water partition coefficient (Wildman–Crippen LogP) is 1.70. The van der Waals surface area contributed by atoms with E-state index in [-0.39, 0.29) is 22.5 Å². The molecule has 1 aromatic carbocycles. The zero-order valence-corrected chi connectivity index (χ0v) is 17.4. The summed E-state index contributed by atoms with van der Waals surface area (Å²) >= 11 is 0. The molecule has 9 nitrogen and oxygen atoms in total. The van der Waals surface area contributed by atoms with Crippen LogP contribution in [0.25, 0.3) is 16.7 Å². The number of halogens is 1. The lowest BCUT2D eigenvalue weighted by molar-refractivity contribution is 0.102. The van der Waals surface area contributed by atoms with E-state index < -0.39 is 17.2 Å². The highest BCUT2D eigenvalue weighted by molar-refractivity contribution is 6.04. The van der Waals surface area contributed by atoms with Gasteiger partial charge >= 0.3 is 5.69 Å². The van der Waals surface area contributed by atoms with Crippen molar-refractivity contribution in [3.05, 3.63) is 80.1 Å². The second-order valence-corrected chi connectivity index (χ2v) is 7.77. The first-order valence-electron chi connectivity index (χ1n) is 10.1. The maximum absolute atomic E-state index is 13.3. The molecule has 0 spiro atoms. The molecule has 0 aliphatic heterocycles. The molecule has 1 amide bonds. The van der Waals surface area contributed by atoms with Crippen molar-refractivity contribution in [2.24, 2.45) is 14.1 Å². The van der Waals surface area contributed by atoms with Gasteiger partial charge in [-0.15, -0.1) is 0 Å². The van der Waals surface area contributed by atoms with E-state index in [1.165, 1.54) is 43.1 Å². The Morgan fingerprint density at radius 1 is 1.09 bits per heavy atom. The lowest BCUT2D eigenvalue weighted by atomic mass is 10.2. The van der Waals surface area contributed by atoms with Crippen LogP contribution in [0.5, 0.6) is 0 Å². The molecular formula is C22H19FN6O3. The number of carbonyl (C=O) groups excluding carboxylic acids is 1. The van der Waals surface area contributed by atoms with E-state index >= 15 is 0 Å². The molecule has 0 radical (unpaired) electrons. The van der Waals surface area contributed by atoms with Crippen LogP contribution in [0.4, 0.5) is 10.1 Å². The molecule has 0 saturated carbocycles. The summed E-state index contributed by atoms with van der Waals surface area (Å²) in [7, 11) is 2.92. The Hall–Kier alpha value is -4.08. The molecule has 0 bridgehead atoms. The van der Waals surface area contributed by atoms with Gasteiger partial charge in [0.1, 0.15) is 11.5 Å². The first-order valence-corrected chi connectivity index (χ1v) is 10.1. The Kier molecular flexibility index (Phi) is 4.50. The van der Waals surface area contributed by atoms with Crippen LogP contribution < -0.4 is 16.6 Å². The number of aromatic nitrogens is 5. The van der Waals surface area contributed by atoms with Crippen LogP contribution in [-0.4, -0.2) is 29.8 Å². The van der Waals surface area contributed by atoms with E-state index in [1.807, 2.05) is 0 Å². The van der Waals surface area contributed by atoms with Crippen molar-refractivity contribution in [2.45, 2.75) is 19.3 Å². The third kappa shape index (κ3) is 3.03. The second-order valence-electron chi connectivity index (χ2n) is 7.77. The molecule has 3 heterocycles. The zero-order chi connectivity index (χ0) is 22.6. The Balaban J connectivity index is 1.53. The summed E-state index contributed by atoms with van der Waals surface area (Å²) < 4.78 is 17.3. The molecule has 1 aliphatic carbocycles. The Morgan fingerprint density at radius 2 is 1.84 bits per heavy atom. The van der Waals surface area contributed by atoms with Gasteiger partial charge in [-0.3, -0.25) is 18.7 Å². The lowest BCUT2D eigenvalue weighted by Gasteiger charge is -2.09. The zero-order valence-electron chi connectivity index (χ0n) is 17.4. The van der Waals surface area contributed by atoms with Crippen molar-refractivity contribution in [1.82, 2.24) is 23.9 Å². The molecule has 10 heteroatoms. The third-order valence-corrected chi connectivity index (χ3v) is 5.77. The van der Waals surface area contributed by atoms with Crippen LogP contribution in [0.3, 0.4) is 0 Å². The summed E-state index contributed by atoms with van der Waals surface area (Å²) in [5, 5.41) is 7.48. The molecule has 0 fully saturated rings. The number of pyridine rings is 1. The lowest BCUT2D eigenvalue weighted by Crippen LogP contribution is -2.37. The number of benzene rings is 1. The van der Waals surface area contributed by atoms with Gasteiger partial charge in [0, 0.05) is 25.4 Å². The minimum absolute atomic E-state index is 0.217. The van der Waals surface area contributed by atoms with Crippen molar-refractivity contribution in [3.8, 4) is 5.69 Å². The van der Waals surface area contributed by atoms with E-state index in [9.17, 15) is 18.8 Å². The minimum atomic E-state index is -0.492. The van der Waals surface area contributed by atoms with Gasteiger partial charge in [-0.25, -0.2) is 18.9 Å². The molecule has 1 aliphatic rings. The van der Waals surface area contributed by atoms with Gasteiger partial charge in [0.05, 0.1) is 23.0 Å². The molecule has 0 unspecified atom stereocenters. The van der Waals surface area contributed by atoms with Gasteiger partial charge in [0.15, 0.2) is 5.69 Å². The largest absolute Gasteiger partial charge is 0.332 e. The number of hydrogen-bond donors (Lipinski definition) is 1. The van der Waals surface area contributed by atoms with Crippen LogP contribution in [0.2, 0.25) is 0 Å². The number of rotatable bonds is 3. The molecule has 0 atom stereocenters. The van der Waals surface area contributed by atoms with Crippen LogP contribution in [0, 0.1) is 5.82 Å². The highest BCUT2D eigenvalue weighted by Crippen LogP contribution is 2.28. The summed E-state index contributed by atoms with van der Waals surface area (Å²) in [6.45, 7) is 0. The number of nitrogens with one attached hydrogen (secondary N) is 1. The van der Waals surface area contributed by atoms with Gasteiger partial charge < -0.3 is 5.32 Å². The van der Waals surface area contributed by atoms with E-state index in [4.69, 9.17) is 0 Å². The van der Waals surface area contributed by atoms with Gasteiger partial charge in [-0.2, -0.15) is 5.10 Å². The molecule has 1 N–H and O–H groups in total. The standard InChI is InChI=1S/C22H19FN6O3/c1-27-19-16(21(31)28(2)22(27)32)10-13(11-24-19)25-20(30)18-15-4-3-5-17(15)29(26-18)14-8-6-12(23)7-9-14/h6-11H,3-5H2,1-2H3,(H,25,30). The molecular weight excluding hydrogens is 415 g/mol. The molecule has 5 rings (SSSR count). The summed E-state index contributed by atoms with van der Waals surface area (Å²) in [5.74, 6) is -0.769. The Bertz CT molecular complexity index is 1510. The quantitative estimate of drug-likeness (QED) is 0.529. The SMILES string of the molecule is Cn1c(=O)c2cc(NC(=O)c3nn(-c4ccc(F)cc4)c4c3CCC4)cnc2n(C)c1=O. The number of anilines is 1. The minimum Gasteiger partial charge on any atom is -0.319 e. The molecule has 32 heavy (non-hydrogen) atoms. The fourth-order valence-electron chi connectivity index (χ4n) is 4.14. The Labute approximate surface area is 180 Å². The third-order valence-electron chi connectivity index (χ3n) is 5.77. The highest BCUT2D eigenvalue weighted by atomic mass is 19.1. The van der Waals surface area contributed by atoms with Crippen molar-refractivity contribution in [3.63, 3.8) is 0 Å². The van der Waals surface area contributed by atoms with E-state index in [2.05, 4.69) is 15.4 Å². The Morgan fingerprint density at radius 3 is 2.59 bits per heavy atom. The normalized spacial score (nSPS) is 12.8. The van der Waals surface area contributed by atoms with Crippen LogP contribution in [-0.2, 0) is 26.9 Å². The van der Waals surface area contributed by atoms with E-state index in [0.29, 0.717) is 11.4 Å². The fourth-order valence-corrected chi connectivity index (χ4v) is 4.14. The van der Waals surface area contributed by atoms with E-state index in [1.54, 1.807) is 16.8 Å². The van der Waals surface area contributed by atoms with Gasteiger partial charge in [-0.05, 0) is 49.6 Å². The molecule has 4 aromatic rings. The average molecular weight is 434 g/mol. The topological polar surface area (TPSA) is 104 Å². The summed E-state index contributed by atoms with van der Waals surface area (Å²) in [4.78, 5) is 41.8. The van der Waals surface area contributed by atoms with Gasteiger partial charge in [0.25, 0.3) is 11.5 Å². The number of hydrogen-bond acceptors (Lipinski definition) is 5. The molecule has 3 aromatic heterocycles. The van der Waals surface area contributed by atoms with Gasteiger partial charge in [-0.1, -0.05) is 0 Å². The molecule has 0 saturated heterocycles. The summed E-state index contributed by atoms with van der Waals surface area (Å²) in [6, 6.07) is 7.45. The van der Waals surface area contributed by atoms with Crippen molar-refractivity contribution >= 4 is 22.6 Å². The van der Waals surface area contributed by atoms with Gasteiger partial charge in [0.2, 0.25) is 0 Å². The highest BCUT2D eigenvalue weighted by Gasteiger charge is 2.27. The number of aryl methyl sites for hydroxylation is 1. The van der Waals surface area contributed by atoms with E-state index in [0.717, 1.165) is 35.1 Å². The second kappa shape index (κ2) is 7.26. The van der Waals surface area contributed by atoms with Crippen LogP contribution in [0.1, 0.15) is 28.2 Å². The fraction of sp³-hybridized carbons (Fsp3) is 0.227. The molecule has 162 valence electrons.